The van der Waals surface area contributed by atoms with Crippen LogP contribution in [-0.2, 0) is 15.7 Å². The Morgan fingerprint density at radius 2 is 1.85 bits per heavy atom. The third kappa shape index (κ3) is 5.37. The van der Waals surface area contributed by atoms with E-state index in [1.54, 1.807) is 20.8 Å². The number of benzene rings is 1. The molecule has 2 rings (SSSR count). The lowest BCUT2D eigenvalue weighted by atomic mass is 9.88. The summed E-state index contributed by atoms with van der Waals surface area (Å²) in [6, 6.07) is 3.61. The molecule has 1 aromatic carbocycles. The van der Waals surface area contributed by atoms with Crippen LogP contribution in [0.15, 0.2) is 18.2 Å². The largest absolute Gasteiger partial charge is 0.465 e. The number of rotatable bonds is 2. The average molecular weight is 387 g/mol. The normalized spacial score (nSPS) is 18.2. The van der Waals surface area contributed by atoms with Gasteiger partial charge in [0.15, 0.2) is 0 Å². The number of methoxy groups -OCH3 is 1. The number of hydrogen-bond donors (Lipinski definition) is 0. The van der Waals surface area contributed by atoms with Crippen molar-refractivity contribution in [3.63, 3.8) is 0 Å². The topological polar surface area (TPSA) is 55.8 Å². The van der Waals surface area contributed by atoms with Crippen LogP contribution in [0.4, 0.5) is 18.0 Å². The zero-order valence-electron chi connectivity index (χ0n) is 15.9. The maximum atomic E-state index is 13.4. The summed E-state index contributed by atoms with van der Waals surface area (Å²) in [6.07, 6.45) is -3.86. The first-order chi connectivity index (χ1) is 12.4. The van der Waals surface area contributed by atoms with Crippen molar-refractivity contribution < 1.29 is 32.2 Å². The van der Waals surface area contributed by atoms with Gasteiger partial charge in [0, 0.05) is 19.0 Å². The summed E-state index contributed by atoms with van der Waals surface area (Å²) in [5.74, 6) is -1.30. The number of carbonyl (C=O) groups excluding carboxylic acids is 2. The molecule has 0 radical (unpaired) electrons. The van der Waals surface area contributed by atoms with Crippen molar-refractivity contribution >= 4 is 12.1 Å². The van der Waals surface area contributed by atoms with Crippen LogP contribution in [-0.4, -0.2) is 42.8 Å². The minimum absolute atomic E-state index is 0.265. The van der Waals surface area contributed by atoms with Crippen LogP contribution in [0.1, 0.15) is 61.0 Å². The molecular weight excluding hydrogens is 363 g/mol. The highest BCUT2D eigenvalue weighted by Crippen LogP contribution is 2.36. The zero-order valence-corrected chi connectivity index (χ0v) is 15.9. The summed E-state index contributed by atoms with van der Waals surface area (Å²) in [5.41, 5.74) is -1.76. The Morgan fingerprint density at radius 1 is 1.19 bits per heavy atom. The Balaban J connectivity index is 2.27. The Hall–Kier alpha value is -2.25. The second kappa shape index (κ2) is 7.78. The number of halogens is 3. The van der Waals surface area contributed by atoms with E-state index in [-0.39, 0.29) is 12.5 Å². The molecule has 1 atom stereocenters. The second-order valence-electron chi connectivity index (χ2n) is 7.56. The lowest BCUT2D eigenvalue weighted by Gasteiger charge is -2.34. The fraction of sp³-hybridized carbons (Fsp3) is 0.579. The molecule has 0 aromatic heterocycles. The van der Waals surface area contributed by atoms with Gasteiger partial charge >= 0.3 is 18.2 Å². The van der Waals surface area contributed by atoms with Gasteiger partial charge in [0.1, 0.15) is 5.60 Å². The van der Waals surface area contributed by atoms with Gasteiger partial charge in [-0.25, -0.2) is 9.59 Å². The highest BCUT2D eigenvalue weighted by atomic mass is 19.4. The van der Waals surface area contributed by atoms with Crippen molar-refractivity contribution in [2.45, 2.75) is 51.3 Å². The van der Waals surface area contributed by atoms with E-state index in [1.165, 1.54) is 11.0 Å². The molecule has 1 heterocycles. The van der Waals surface area contributed by atoms with Crippen LogP contribution in [0, 0.1) is 0 Å². The molecule has 150 valence electrons. The van der Waals surface area contributed by atoms with Crippen molar-refractivity contribution in [1.29, 1.82) is 0 Å². The first-order valence-electron chi connectivity index (χ1n) is 8.70. The summed E-state index contributed by atoms with van der Waals surface area (Å²) in [7, 11) is 1.04. The van der Waals surface area contributed by atoms with Gasteiger partial charge in [-0.3, -0.25) is 0 Å². The predicted molar refractivity (Wildman–Crippen MR) is 92.6 cm³/mol. The summed E-state index contributed by atoms with van der Waals surface area (Å²) >= 11 is 0. The van der Waals surface area contributed by atoms with E-state index < -0.39 is 35.0 Å². The highest BCUT2D eigenvalue weighted by Gasteiger charge is 2.37. The third-order valence-electron chi connectivity index (χ3n) is 4.30. The molecule has 0 spiro atoms. The van der Waals surface area contributed by atoms with Gasteiger partial charge in [-0.05, 0) is 51.3 Å². The molecule has 1 fully saturated rings. The number of alkyl halides is 3. The Bertz CT molecular complexity index is 710. The van der Waals surface area contributed by atoms with Crippen LogP contribution >= 0.6 is 0 Å². The minimum Gasteiger partial charge on any atom is -0.465 e. The molecule has 1 aliphatic heterocycles. The van der Waals surface area contributed by atoms with Crippen molar-refractivity contribution in [2.24, 2.45) is 0 Å². The summed E-state index contributed by atoms with van der Waals surface area (Å²) in [6.45, 7) is 6.04. The smallest absolute Gasteiger partial charge is 0.417 e. The van der Waals surface area contributed by atoms with Crippen LogP contribution in [0.25, 0.3) is 0 Å². The van der Waals surface area contributed by atoms with Crippen LogP contribution in [0.5, 0.6) is 0 Å². The first kappa shape index (κ1) is 21.1. The van der Waals surface area contributed by atoms with Gasteiger partial charge in [0.05, 0.1) is 18.2 Å². The van der Waals surface area contributed by atoms with Crippen molar-refractivity contribution in [1.82, 2.24) is 4.90 Å². The number of hydrogen-bond acceptors (Lipinski definition) is 4. The van der Waals surface area contributed by atoms with E-state index >= 15 is 0 Å². The van der Waals surface area contributed by atoms with Gasteiger partial charge in [-0.15, -0.1) is 0 Å². The van der Waals surface area contributed by atoms with E-state index in [0.29, 0.717) is 24.9 Å². The van der Waals surface area contributed by atoms with E-state index in [0.717, 1.165) is 19.2 Å². The predicted octanol–water partition coefficient (Wildman–Crippen LogP) is 4.61. The molecule has 8 heteroatoms. The van der Waals surface area contributed by atoms with E-state index in [4.69, 9.17) is 4.74 Å². The molecule has 0 saturated carbocycles. The van der Waals surface area contributed by atoms with Crippen LogP contribution in [0.2, 0.25) is 0 Å². The Morgan fingerprint density at radius 3 is 2.41 bits per heavy atom. The number of esters is 1. The lowest BCUT2D eigenvalue weighted by Crippen LogP contribution is -2.42. The molecule has 1 amide bonds. The van der Waals surface area contributed by atoms with Gasteiger partial charge in [-0.2, -0.15) is 13.2 Å². The molecule has 27 heavy (non-hydrogen) atoms. The molecule has 0 N–H and O–H groups in total. The number of likely N-dealkylation sites (tertiary alicyclic amines) is 1. The number of carbonyl (C=O) groups is 2. The number of amides is 1. The van der Waals surface area contributed by atoms with Crippen molar-refractivity contribution in [3.05, 3.63) is 34.9 Å². The van der Waals surface area contributed by atoms with Gasteiger partial charge in [0.25, 0.3) is 0 Å². The average Bonchev–Trinajstić information content (AvgIpc) is 2.58. The lowest BCUT2D eigenvalue weighted by molar-refractivity contribution is -0.138. The van der Waals surface area contributed by atoms with E-state index in [1.807, 2.05) is 0 Å². The monoisotopic (exact) mass is 387 g/mol. The Kier molecular flexibility index (Phi) is 6.07. The van der Waals surface area contributed by atoms with Gasteiger partial charge in [0.2, 0.25) is 0 Å². The van der Waals surface area contributed by atoms with Crippen molar-refractivity contribution in [2.75, 3.05) is 20.2 Å². The first-order valence-corrected chi connectivity index (χ1v) is 8.70. The number of ether oxygens (including phenoxy) is 2. The van der Waals surface area contributed by atoms with Crippen LogP contribution < -0.4 is 0 Å². The third-order valence-corrected chi connectivity index (χ3v) is 4.30. The highest BCUT2D eigenvalue weighted by molar-refractivity contribution is 5.91. The van der Waals surface area contributed by atoms with E-state index in [9.17, 15) is 22.8 Å². The summed E-state index contributed by atoms with van der Waals surface area (Å²) in [5, 5.41) is 0. The fourth-order valence-electron chi connectivity index (χ4n) is 3.08. The number of nitrogens with zero attached hydrogens (tertiary/aromatic N) is 1. The van der Waals surface area contributed by atoms with Crippen LogP contribution in [0.3, 0.4) is 0 Å². The standard InChI is InChI=1S/C19H24F3NO4/c1-18(2,3)27-17(25)23-9-5-6-13(11-23)12-7-8-14(16(24)26-4)15(10-12)19(20,21)22/h7-8,10,13H,5-6,9,11H2,1-4H3/t13-/m0/s1. The number of piperidine rings is 1. The van der Waals surface area contributed by atoms with Gasteiger partial charge in [-0.1, -0.05) is 6.07 Å². The molecule has 1 aliphatic rings. The molecule has 1 aromatic rings. The Labute approximate surface area is 156 Å². The minimum atomic E-state index is -4.68. The molecule has 0 unspecified atom stereocenters. The van der Waals surface area contributed by atoms with Crippen molar-refractivity contribution in [3.8, 4) is 0 Å². The summed E-state index contributed by atoms with van der Waals surface area (Å²) in [4.78, 5) is 25.4. The SMILES string of the molecule is COC(=O)c1ccc([C@H]2CCCN(C(=O)OC(C)(C)C)C2)cc1C(F)(F)F. The maximum absolute atomic E-state index is 13.4. The molecule has 5 nitrogen and oxygen atoms in total. The zero-order chi connectivity index (χ0) is 20.4. The van der Waals surface area contributed by atoms with E-state index in [2.05, 4.69) is 4.74 Å². The second-order valence-corrected chi connectivity index (χ2v) is 7.56. The quantitative estimate of drug-likeness (QED) is 0.696. The molecule has 0 aliphatic carbocycles. The molecular formula is C19H24F3NO4. The molecule has 0 bridgehead atoms. The maximum Gasteiger partial charge on any atom is 0.417 e. The molecule has 1 saturated heterocycles. The summed E-state index contributed by atoms with van der Waals surface area (Å²) < 4.78 is 50.0. The van der Waals surface area contributed by atoms with Gasteiger partial charge < -0.3 is 14.4 Å². The fourth-order valence-corrected chi connectivity index (χ4v) is 3.08.